The summed E-state index contributed by atoms with van der Waals surface area (Å²) in [6, 6.07) is 17.2. The first-order valence-electron chi connectivity index (χ1n) is 10.3. The monoisotopic (exact) mass is 424 g/mol. The van der Waals surface area contributed by atoms with Gasteiger partial charge in [0.1, 0.15) is 11.8 Å². The van der Waals surface area contributed by atoms with Gasteiger partial charge in [-0.1, -0.05) is 42.5 Å². The smallest absolute Gasteiger partial charge is 0.322 e. The minimum Gasteiger partial charge on any atom is -0.480 e. The maximum absolute atomic E-state index is 11.3. The molecule has 5 N–H and O–H groups in total. The SMILES string of the molecule is CN.Cc1oc(-c2ccccc2)nc1CCCc1ccc(CC(C(=O)O)N(C)N)cc1. The number of carboxylic acid groups (broad SMARTS) is 1. The summed E-state index contributed by atoms with van der Waals surface area (Å²) in [6.07, 6.45) is 3.11. The number of nitrogens with two attached hydrogens (primary N) is 2. The summed E-state index contributed by atoms with van der Waals surface area (Å²) in [7, 11) is 3.07. The molecule has 0 saturated heterocycles. The summed E-state index contributed by atoms with van der Waals surface area (Å²) in [5.74, 6) is 6.24. The predicted molar refractivity (Wildman–Crippen MR) is 122 cm³/mol. The predicted octanol–water partition coefficient (Wildman–Crippen LogP) is 3.20. The van der Waals surface area contributed by atoms with Crippen molar-refractivity contribution in [1.29, 1.82) is 0 Å². The van der Waals surface area contributed by atoms with Crippen LogP contribution in [0.4, 0.5) is 0 Å². The van der Waals surface area contributed by atoms with Crippen molar-refractivity contribution in [3.05, 3.63) is 77.2 Å². The lowest BCUT2D eigenvalue weighted by Crippen LogP contribution is -2.44. The highest BCUT2D eigenvalue weighted by Crippen LogP contribution is 2.22. The van der Waals surface area contributed by atoms with Crippen LogP contribution in [0, 0.1) is 6.92 Å². The molecule has 1 heterocycles. The van der Waals surface area contributed by atoms with E-state index in [0.29, 0.717) is 12.3 Å². The van der Waals surface area contributed by atoms with Crippen molar-refractivity contribution in [2.75, 3.05) is 14.1 Å². The third kappa shape index (κ3) is 7.03. The molecule has 0 radical (unpaired) electrons. The van der Waals surface area contributed by atoms with E-state index in [1.54, 1.807) is 7.05 Å². The summed E-state index contributed by atoms with van der Waals surface area (Å²) in [5.41, 5.74) is 8.65. The van der Waals surface area contributed by atoms with Crippen LogP contribution in [0.3, 0.4) is 0 Å². The molecular formula is C24H32N4O3. The molecule has 0 bridgehead atoms. The molecule has 0 aliphatic carbocycles. The highest BCUT2D eigenvalue weighted by atomic mass is 16.4. The van der Waals surface area contributed by atoms with Crippen molar-refractivity contribution in [3.63, 3.8) is 0 Å². The normalized spacial score (nSPS) is 11.7. The number of carboxylic acids is 1. The fourth-order valence-corrected chi connectivity index (χ4v) is 3.29. The molecule has 1 atom stereocenters. The Bertz CT molecular complexity index is 937. The maximum atomic E-state index is 11.3. The molecule has 3 aromatic rings. The van der Waals surface area contributed by atoms with Gasteiger partial charge in [0.05, 0.1) is 5.69 Å². The Morgan fingerprint density at radius 3 is 2.26 bits per heavy atom. The number of hydrogen-bond acceptors (Lipinski definition) is 6. The molecular weight excluding hydrogens is 392 g/mol. The van der Waals surface area contributed by atoms with E-state index in [9.17, 15) is 9.90 Å². The zero-order chi connectivity index (χ0) is 22.8. The number of aliphatic carboxylic acids is 1. The lowest BCUT2D eigenvalue weighted by Gasteiger charge is -2.19. The van der Waals surface area contributed by atoms with Crippen molar-refractivity contribution in [1.82, 2.24) is 9.99 Å². The van der Waals surface area contributed by atoms with Gasteiger partial charge in [0, 0.05) is 12.6 Å². The Kier molecular flexibility index (Phi) is 9.40. The van der Waals surface area contributed by atoms with Gasteiger partial charge in [0.15, 0.2) is 0 Å². The molecule has 1 aromatic heterocycles. The first-order valence-corrected chi connectivity index (χ1v) is 10.3. The Morgan fingerprint density at radius 1 is 1.06 bits per heavy atom. The standard InChI is InChI=1S/C23H27N3O3.CH5N/c1-16-20(25-22(29-16)19-8-4-3-5-9-19)10-6-7-17-11-13-18(14-12-17)15-21(23(27)28)26(2)24;1-2/h3-5,8-9,11-14,21H,6-7,10,15,24H2,1-2H3,(H,27,28);2H2,1H3. The van der Waals surface area contributed by atoms with E-state index in [-0.39, 0.29) is 0 Å². The number of likely N-dealkylation sites (N-methyl/N-ethyl adjacent to an activating group) is 1. The molecule has 1 unspecified atom stereocenters. The molecule has 2 aromatic carbocycles. The Balaban J connectivity index is 0.00000166. The molecule has 0 aliphatic rings. The highest BCUT2D eigenvalue weighted by Gasteiger charge is 2.20. The van der Waals surface area contributed by atoms with Gasteiger partial charge < -0.3 is 15.3 Å². The quantitative estimate of drug-likeness (QED) is 0.356. The van der Waals surface area contributed by atoms with Crippen molar-refractivity contribution in [2.24, 2.45) is 11.6 Å². The van der Waals surface area contributed by atoms with Crippen LogP contribution in [0.5, 0.6) is 0 Å². The summed E-state index contributed by atoms with van der Waals surface area (Å²) in [4.78, 5) is 15.9. The number of aromatic nitrogens is 1. The van der Waals surface area contributed by atoms with Gasteiger partial charge in [-0.15, -0.1) is 0 Å². The first-order chi connectivity index (χ1) is 14.9. The summed E-state index contributed by atoms with van der Waals surface area (Å²) in [5, 5.41) is 10.5. The van der Waals surface area contributed by atoms with E-state index in [1.807, 2.05) is 49.4 Å². The van der Waals surface area contributed by atoms with Gasteiger partial charge in [-0.25, -0.2) is 9.99 Å². The number of oxazole rings is 1. The second kappa shape index (κ2) is 12.0. The fraction of sp³-hybridized carbons (Fsp3) is 0.333. The Morgan fingerprint density at radius 2 is 1.68 bits per heavy atom. The number of hydrazine groups is 1. The average Bonchev–Trinajstić information content (AvgIpc) is 3.15. The number of benzene rings is 2. The van der Waals surface area contributed by atoms with Gasteiger partial charge >= 0.3 is 5.97 Å². The topological polar surface area (TPSA) is 119 Å². The molecule has 166 valence electrons. The Hall–Kier alpha value is -3.00. The molecule has 0 spiro atoms. The summed E-state index contributed by atoms with van der Waals surface area (Å²) < 4.78 is 5.82. The van der Waals surface area contributed by atoms with Crippen LogP contribution < -0.4 is 11.6 Å². The van der Waals surface area contributed by atoms with Gasteiger partial charge in [0.25, 0.3) is 0 Å². The zero-order valence-electron chi connectivity index (χ0n) is 18.4. The van der Waals surface area contributed by atoms with Crippen molar-refractivity contribution in [2.45, 2.75) is 38.6 Å². The molecule has 31 heavy (non-hydrogen) atoms. The molecule has 0 aliphatic heterocycles. The van der Waals surface area contributed by atoms with Crippen LogP contribution in [0.25, 0.3) is 11.5 Å². The van der Waals surface area contributed by atoms with E-state index < -0.39 is 12.0 Å². The third-order valence-electron chi connectivity index (χ3n) is 5.02. The second-order valence-corrected chi connectivity index (χ2v) is 7.28. The first kappa shape index (κ1) is 24.3. The average molecular weight is 425 g/mol. The molecule has 3 rings (SSSR count). The van der Waals surface area contributed by atoms with E-state index in [4.69, 9.17) is 10.3 Å². The van der Waals surface area contributed by atoms with Crippen LogP contribution in [0.1, 0.15) is 29.0 Å². The van der Waals surface area contributed by atoms with Crippen LogP contribution >= 0.6 is 0 Å². The minimum absolute atomic E-state index is 0.378. The third-order valence-corrected chi connectivity index (χ3v) is 5.02. The van der Waals surface area contributed by atoms with Crippen LogP contribution in [0.2, 0.25) is 0 Å². The highest BCUT2D eigenvalue weighted by molar-refractivity contribution is 5.73. The van der Waals surface area contributed by atoms with Crippen LogP contribution in [-0.4, -0.2) is 41.2 Å². The van der Waals surface area contributed by atoms with Crippen molar-refractivity contribution >= 4 is 5.97 Å². The maximum Gasteiger partial charge on any atom is 0.322 e. The number of nitrogens with zero attached hydrogens (tertiary/aromatic N) is 2. The van der Waals surface area contributed by atoms with E-state index in [0.717, 1.165) is 41.8 Å². The number of carbonyl (C=O) groups is 1. The fourth-order valence-electron chi connectivity index (χ4n) is 3.29. The minimum atomic E-state index is -0.920. The van der Waals surface area contributed by atoms with Gasteiger partial charge in [-0.05, 0) is 62.9 Å². The second-order valence-electron chi connectivity index (χ2n) is 7.28. The van der Waals surface area contributed by atoms with Gasteiger partial charge in [-0.3, -0.25) is 10.6 Å². The lowest BCUT2D eigenvalue weighted by molar-refractivity contribution is -0.142. The van der Waals surface area contributed by atoms with E-state index in [1.165, 1.54) is 17.6 Å². The summed E-state index contributed by atoms with van der Waals surface area (Å²) >= 11 is 0. The van der Waals surface area contributed by atoms with Gasteiger partial charge in [-0.2, -0.15) is 0 Å². The Labute approximate surface area is 183 Å². The van der Waals surface area contributed by atoms with E-state index in [2.05, 4.69) is 22.9 Å². The van der Waals surface area contributed by atoms with Crippen molar-refractivity contribution < 1.29 is 14.3 Å². The lowest BCUT2D eigenvalue weighted by atomic mass is 10.0. The zero-order valence-corrected chi connectivity index (χ0v) is 18.4. The molecule has 7 heteroatoms. The summed E-state index contributed by atoms with van der Waals surface area (Å²) in [6.45, 7) is 1.96. The number of rotatable bonds is 9. The van der Waals surface area contributed by atoms with Gasteiger partial charge in [0.2, 0.25) is 5.89 Å². The molecule has 0 saturated carbocycles. The van der Waals surface area contributed by atoms with Crippen molar-refractivity contribution in [3.8, 4) is 11.5 Å². The molecule has 0 fully saturated rings. The molecule has 0 amide bonds. The van der Waals surface area contributed by atoms with Crippen LogP contribution in [-0.2, 0) is 24.1 Å². The number of aryl methyl sites for hydroxylation is 3. The molecule has 7 nitrogen and oxygen atoms in total. The number of hydrogen-bond donors (Lipinski definition) is 3. The van der Waals surface area contributed by atoms with E-state index >= 15 is 0 Å². The largest absolute Gasteiger partial charge is 0.480 e. The van der Waals surface area contributed by atoms with Crippen LogP contribution in [0.15, 0.2) is 59.0 Å².